The Kier molecular flexibility index (Phi) is 4.16. The molecule has 0 unspecified atom stereocenters. The second-order valence-corrected chi connectivity index (χ2v) is 5.29. The van der Waals surface area contributed by atoms with E-state index in [-0.39, 0.29) is 11.7 Å². The standard InChI is InChI=1S/C13H16F3N7O/c1-2-17-12(24)22-7-5-21(6-8-22)10-4-3-9-18-19-11(13(14,15)16)23(9)20-10/h3-4H,2,5-8H2,1H3,(H,17,24). The van der Waals surface area contributed by atoms with Crippen molar-refractivity contribution < 1.29 is 18.0 Å². The van der Waals surface area contributed by atoms with Gasteiger partial charge in [-0.05, 0) is 19.1 Å². The summed E-state index contributed by atoms with van der Waals surface area (Å²) in [6.45, 7) is 4.30. The summed E-state index contributed by atoms with van der Waals surface area (Å²) in [7, 11) is 0. The molecular formula is C13H16F3N7O. The van der Waals surface area contributed by atoms with Crippen molar-refractivity contribution >= 4 is 17.5 Å². The lowest BCUT2D eigenvalue weighted by molar-refractivity contribution is -0.146. The van der Waals surface area contributed by atoms with Gasteiger partial charge >= 0.3 is 12.2 Å². The minimum Gasteiger partial charge on any atom is -0.352 e. The number of nitrogens with one attached hydrogen (secondary N) is 1. The number of carbonyl (C=O) groups is 1. The van der Waals surface area contributed by atoms with Crippen LogP contribution in [0.15, 0.2) is 12.1 Å². The van der Waals surface area contributed by atoms with Crippen LogP contribution >= 0.6 is 0 Å². The summed E-state index contributed by atoms with van der Waals surface area (Å²) in [5.41, 5.74) is 0.0343. The summed E-state index contributed by atoms with van der Waals surface area (Å²) in [5, 5.41) is 13.4. The highest BCUT2D eigenvalue weighted by Gasteiger charge is 2.37. The number of carbonyl (C=O) groups excluding carboxylic acids is 1. The minimum absolute atomic E-state index is 0.0343. The summed E-state index contributed by atoms with van der Waals surface area (Å²) >= 11 is 0. The van der Waals surface area contributed by atoms with Gasteiger partial charge in [0.15, 0.2) is 5.65 Å². The third kappa shape index (κ3) is 3.05. The van der Waals surface area contributed by atoms with Gasteiger partial charge in [-0.15, -0.1) is 15.3 Å². The van der Waals surface area contributed by atoms with E-state index in [1.54, 1.807) is 11.0 Å². The molecule has 1 aliphatic rings. The number of halogens is 3. The second-order valence-electron chi connectivity index (χ2n) is 5.29. The minimum atomic E-state index is -4.62. The van der Waals surface area contributed by atoms with Gasteiger partial charge in [-0.2, -0.15) is 17.7 Å². The van der Waals surface area contributed by atoms with E-state index in [2.05, 4.69) is 20.6 Å². The number of anilines is 1. The highest BCUT2D eigenvalue weighted by molar-refractivity contribution is 5.74. The van der Waals surface area contributed by atoms with E-state index in [0.717, 1.165) is 0 Å². The van der Waals surface area contributed by atoms with Crippen LogP contribution in [0.4, 0.5) is 23.8 Å². The van der Waals surface area contributed by atoms with Crippen LogP contribution in [0.25, 0.3) is 5.65 Å². The Morgan fingerprint density at radius 1 is 1.21 bits per heavy atom. The number of nitrogens with zero attached hydrogens (tertiary/aromatic N) is 6. The maximum Gasteiger partial charge on any atom is 0.453 e. The summed E-state index contributed by atoms with van der Waals surface area (Å²) in [4.78, 5) is 15.3. The number of piperazine rings is 1. The molecule has 0 atom stereocenters. The normalized spacial score (nSPS) is 15.8. The zero-order chi connectivity index (χ0) is 17.3. The molecule has 0 aromatic carbocycles. The van der Waals surface area contributed by atoms with Crippen LogP contribution in [-0.4, -0.2) is 63.5 Å². The molecule has 130 valence electrons. The lowest BCUT2D eigenvalue weighted by atomic mass is 10.3. The van der Waals surface area contributed by atoms with Crippen molar-refractivity contribution in [3.8, 4) is 0 Å². The van der Waals surface area contributed by atoms with Crippen LogP contribution in [0.5, 0.6) is 0 Å². The van der Waals surface area contributed by atoms with E-state index in [4.69, 9.17) is 0 Å². The van der Waals surface area contributed by atoms with Gasteiger partial charge in [-0.1, -0.05) is 0 Å². The van der Waals surface area contributed by atoms with Gasteiger partial charge < -0.3 is 15.1 Å². The number of urea groups is 1. The third-order valence-electron chi connectivity index (χ3n) is 3.72. The van der Waals surface area contributed by atoms with Crippen molar-refractivity contribution in [1.29, 1.82) is 0 Å². The molecule has 24 heavy (non-hydrogen) atoms. The predicted octanol–water partition coefficient (Wildman–Crippen LogP) is 0.995. The molecule has 2 aromatic rings. The largest absolute Gasteiger partial charge is 0.453 e. The van der Waals surface area contributed by atoms with Crippen molar-refractivity contribution in [2.45, 2.75) is 13.1 Å². The molecular weight excluding hydrogens is 327 g/mol. The van der Waals surface area contributed by atoms with E-state index >= 15 is 0 Å². The van der Waals surface area contributed by atoms with Gasteiger partial charge in [-0.25, -0.2) is 4.79 Å². The summed E-state index contributed by atoms with van der Waals surface area (Å²) in [5.74, 6) is -0.761. The number of fused-ring (bicyclic) bond motifs is 1. The van der Waals surface area contributed by atoms with E-state index in [9.17, 15) is 18.0 Å². The zero-order valence-corrected chi connectivity index (χ0v) is 12.9. The van der Waals surface area contributed by atoms with Crippen LogP contribution in [-0.2, 0) is 6.18 Å². The van der Waals surface area contributed by atoms with Gasteiger partial charge in [0.1, 0.15) is 5.82 Å². The molecule has 0 radical (unpaired) electrons. The quantitative estimate of drug-likeness (QED) is 0.880. The smallest absolute Gasteiger partial charge is 0.352 e. The Morgan fingerprint density at radius 2 is 1.92 bits per heavy atom. The van der Waals surface area contributed by atoms with Crippen LogP contribution in [0, 0.1) is 0 Å². The number of rotatable bonds is 2. The maximum absolute atomic E-state index is 12.9. The average molecular weight is 343 g/mol. The van der Waals surface area contributed by atoms with Gasteiger partial charge in [0, 0.05) is 32.7 Å². The fourth-order valence-corrected chi connectivity index (χ4v) is 2.53. The topological polar surface area (TPSA) is 78.7 Å². The fourth-order valence-electron chi connectivity index (χ4n) is 2.53. The molecule has 0 saturated carbocycles. The average Bonchev–Trinajstić information content (AvgIpc) is 2.98. The first-order valence-electron chi connectivity index (χ1n) is 7.47. The summed E-state index contributed by atoms with van der Waals surface area (Å²) in [6, 6.07) is 2.91. The molecule has 0 aliphatic carbocycles. The fraction of sp³-hybridized carbons (Fsp3) is 0.538. The SMILES string of the molecule is CCNC(=O)N1CCN(c2ccc3nnc(C(F)(F)F)n3n2)CC1. The van der Waals surface area contributed by atoms with E-state index < -0.39 is 12.0 Å². The van der Waals surface area contributed by atoms with E-state index in [1.807, 2.05) is 11.8 Å². The van der Waals surface area contributed by atoms with E-state index in [1.165, 1.54) is 6.07 Å². The molecule has 1 fully saturated rings. The highest BCUT2D eigenvalue weighted by Crippen LogP contribution is 2.28. The number of amides is 2. The van der Waals surface area contributed by atoms with Gasteiger partial charge in [0.05, 0.1) is 0 Å². The number of alkyl halides is 3. The first-order valence-corrected chi connectivity index (χ1v) is 7.47. The Labute approximate surface area is 135 Å². The maximum atomic E-state index is 12.9. The number of hydrogen-bond donors (Lipinski definition) is 1. The van der Waals surface area contributed by atoms with Crippen LogP contribution < -0.4 is 10.2 Å². The van der Waals surface area contributed by atoms with Crippen molar-refractivity contribution in [3.05, 3.63) is 18.0 Å². The van der Waals surface area contributed by atoms with Crippen molar-refractivity contribution in [2.24, 2.45) is 0 Å². The first kappa shape index (κ1) is 16.3. The van der Waals surface area contributed by atoms with E-state index in [0.29, 0.717) is 43.1 Å². The molecule has 2 amide bonds. The number of hydrogen-bond acceptors (Lipinski definition) is 5. The Morgan fingerprint density at radius 3 is 2.54 bits per heavy atom. The number of aromatic nitrogens is 4. The summed E-state index contributed by atoms with van der Waals surface area (Å²) in [6.07, 6.45) is -4.62. The molecule has 2 aromatic heterocycles. The highest BCUT2D eigenvalue weighted by atomic mass is 19.4. The molecule has 3 heterocycles. The predicted molar refractivity (Wildman–Crippen MR) is 78.6 cm³/mol. The Hall–Kier alpha value is -2.59. The molecule has 11 heteroatoms. The lowest BCUT2D eigenvalue weighted by Gasteiger charge is -2.35. The first-order chi connectivity index (χ1) is 11.4. The molecule has 3 rings (SSSR count). The van der Waals surface area contributed by atoms with Crippen molar-refractivity contribution in [1.82, 2.24) is 30.0 Å². The van der Waals surface area contributed by atoms with Crippen LogP contribution in [0.2, 0.25) is 0 Å². The van der Waals surface area contributed by atoms with Gasteiger partial charge in [0.25, 0.3) is 5.82 Å². The molecule has 1 aliphatic heterocycles. The monoisotopic (exact) mass is 343 g/mol. The molecule has 1 saturated heterocycles. The lowest BCUT2D eigenvalue weighted by Crippen LogP contribution is -2.52. The third-order valence-corrected chi connectivity index (χ3v) is 3.72. The van der Waals surface area contributed by atoms with Crippen LogP contribution in [0.3, 0.4) is 0 Å². The van der Waals surface area contributed by atoms with Crippen LogP contribution in [0.1, 0.15) is 12.7 Å². The van der Waals surface area contributed by atoms with Gasteiger partial charge in [0.2, 0.25) is 0 Å². The molecule has 0 spiro atoms. The molecule has 0 bridgehead atoms. The molecule has 1 N–H and O–H groups in total. The second kappa shape index (κ2) is 6.13. The summed E-state index contributed by atoms with van der Waals surface area (Å²) < 4.78 is 39.4. The Balaban J connectivity index is 1.78. The molecule has 8 nitrogen and oxygen atoms in total. The van der Waals surface area contributed by atoms with Gasteiger partial charge in [-0.3, -0.25) is 0 Å². The zero-order valence-electron chi connectivity index (χ0n) is 12.9. The van der Waals surface area contributed by atoms with Crippen molar-refractivity contribution in [3.63, 3.8) is 0 Å². The Bertz CT molecular complexity index is 737. The van der Waals surface area contributed by atoms with Crippen molar-refractivity contribution in [2.75, 3.05) is 37.6 Å².